The molecule has 0 aromatic heterocycles. The number of rotatable bonds is 7. The molecule has 2 aromatic carbocycles. The maximum Gasteiger partial charge on any atom is 0.292 e. The van der Waals surface area contributed by atoms with Gasteiger partial charge in [0.05, 0.1) is 4.92 Å². The molecule has 0 atom stereocenters. The molecule has 0 radical (unpaired) electrons. The fourth-order valence-electron chi connectivity index (χ4n) is 1.98. The summed E-state index contributed by atoms with van der Waals surface area (Å²) in [7, 11) is 0. The predicted octanol–water partition coefficient (Wildman–Crippen LogP) is 2.98. The highest BCUT2D eigenvalue weighted by molar-refractivity contribution is 7.98. The van der Waals surface area contributed by atoms with Gasteiger partial charge < -0.3 is 11.1 Å². The van der Waals surface area contributed by atoms with Crippen LogP contribution in [0, 0.1) is 15.9 Å². The van der Waals surface area contributed by atoms with Gasteiger partial charge in [0.1, 0.15) is 11.5 Å². The van der Waals surface area contributed by atoms with Gasteiger partial charge in [-0.05, 0) is 23.8 Å². The van der Waals surface area contributed by atoms with E-state index in [1.807, 2.05) is 0 Å². The van der Waals surface area contributed by atoms with Gasteiger partial charge in [0.15, 0.2) is 0 Å². The summed E-state index contributed by atoms with van der Waals surface area (Å²) in [6.45, 7) is 0.371. The summed E-state index contributed by atoms with van der Waals surface area (Å²) in [4.78, 5) is 22.2. The standard InChI is InChI=1S/C16H16FN3O3S/c17-13-4-2-1-3-12(13)10-24-8-7-19-16(21)11-5-6-14(18)15(9-11)20(22)23/h1-6,9H,7-8,10,18H2,(H,19,21). The lowest BCUT2D eigenvalue weighted by Crippen LogP contribution is -2.25. The summed E-state index contributed by atoms with van der Waals surface area (Å²) in [6.07, 6.45) is 0. The Morgan fingerprint density at radius 2 is 2.04 bits per heavy atom. The number of nitrogen functional groups attached to an aromatic ring is 1. The second-order valence-corrected chi connectivity index (χ2v) is 6.04. The highest BCUT2D eigenvalue weighted by Crippen LogP contribution is 2.22. The average Bonchev–Trinajstić information content (AvgIpc) is 2.56. The molecule has 0 aliphatic heterocycles. The van der Waals surface area contributed by atoms with E-state index in [1.165, 1.54) is 30.0 Å². The van der Waals surface area contributed by atoms with Crippen LogP contribution in [0.3, 0.4) is 0 Å². The highest BCUT2D eigenvalue weighted by atomic mass is 32.2. The predicted molar refractivity (Wildman–Crippen MR) is 92.4 cm³/mol. The fourth-order valence-corrected chi connectivity index (χ4v) is 2.82. The molecule has 0 aliphatic carbocycles. The van der Waals surface area contributed by atoms with Gasteiger partial charge in [-0.2, -0.15) is 11.8 Å². The molecular weight excluding hydrogens is 333 g/mol. The Morgan fingerprint density at radius 1 is 1.29 bits per heavy atom. The first-order valence-corrected chi connectivity index (χ1v) is 8.28. The van der Waals surface area contributed by atoms with E-state index >= 15 is 0 Å². The van der Waals surface area contributed by atoms with Crippen molar-refractivity contribution in [2.75, 3.05) is 18.0 Å². The number of carbonyl (C=O) groups is 1. The minimum atomic E-state index is -0.629. The van der Waals surface area contributed by atoms with Crippen molar-refractivity contribution < 1.29 is 14.1 Å². The number of benzene rings is 2. The number of hydrogen-bond acceptors (Lipinski definition) is 5. The Morgan fingerprint density at radius 3 is 2.75 bits per heavy atom. The summed E-state index contributed by atoms with van der Waals surface area (Å²) in [5, 5.41) is 13.5. The summed E-state index contributed by atoms with van der Waals surface area (Å²) in [5.41, 5.74) is 6.00. The van der Waals surface area contributed by atoms with Crippen LogP contribution in [-0.2, 0) is 5.75 Å². The van der Waals surface area contributed by atoms with E-state index in [1.54, 1.807) is 18.2 Å². The number of hydrogen-bond donors (Lipinski definition) is 2. The van der Waals surface area contributed by atoms with Crippen molar-refractivity contribution in [2.45, 2.75) is 5.75 Å². The third kappa shape index (κ3) is 4.69. The number of nitrogens with zero attached hydrogens (tertiary/aromatic N) is 1. The molecule has 0 fully saturated rings. The first-order valence-electron chi connectivity index (χ1n) is 7.12. The lowest BCUT2D eigenvalue weighted by Gasteiger charge is -2.06. The first-order chi connectivity index (χ1) is 11.5. The molecule has 6 nitrogen and oxygen atoms in total. The first kappa shape index (κ1) is 17.7. The molecule has 0 unspecified atom stereocenters. The molecule has 0 bridgehead atoms. The van der Waals surface area contributed by atoms with Gasteiger partial charge in [-0.1, -0.05) is 18.2 Å². The zero-order valence-electron chi connectivity index (χ0n) is 12.7. The van der Waals surface area contributed by atoms with Crippen molar-refractivity contribution in [3.05, 3.63) is 69.5 Å². The molecule has 0 saturated heterocycles. The molecule has 0 aliphatic rings. The van der Waals surface area contributed by atoms with Gasteiger partial charge >= 0.3 is 0 Å². The summed E-state index contributed by atoms with van der Waals surface area (Å²) in [6, 6.07) is 10.5. The van der Waals surface area contributed by atoms with Crippen molar-refractivity contribution in [1.29, 1.82) is 0 Å². The largest absolute Gasteiger partial charge is 0.393 e. The van der Waals surface area contributed by atoms with E-state index in [-0.39, 0.29) is 22.8 Å². The minimum absolute atomic E-state index is 0.0111. The van der Waals surface area contributed by atoms with E-state index in [9.17, 15) is 19.3 Å². The quantitative estimate of drug-likeness (QED) is 0.346. The van der Waals surface area contributed by atoms with Gasteiger partial charge in [-0.3, -0.25) is 14.9 Å². The summed E-state index contributed by atoms with van der Waals surface area (Å²) < 4.78 is 13.4. The monoisotopic (exact) mass is 349 g/mol. The third-order valence-electron chi connectivity index (χ3n) is 3.24. The van der Waals surface area contributed by atoms with E-state index in [0.29, 0.717) is 23.6 Å². The van der Waals surface area contributed by atoms with Gasteiger partial charge in [0.25, 0.3) is 11.6 Å². The van der Waals surface area contributed by atoms with Crippen LogP contribution < -0.4 is 11.1 Å². The van der Waals surface area contributed by atoms with E-state index < -0.39 is 10.8 Å². The van der Waals surface area contributed by atoms with Gasteiger partial charge in [-0.15, -0.1) is 0 Å². The number of halogens is 1. The number of amides is 1. The second-order valence-electron chi connectivity index (χ2n) is 4.93. The number of thioether (sulfide) groups is 1. The SMILES string of the molecule is Nc1ccc(C(=O)NCCSCc2ccccc2F)cc1[N+](=O)[O-]. The Kier molecular flexibility index (Phi) is 6.14. The Hall–Kier alpha value is -2.61. The minimum Gasteiger partial charge on any atom is -0.393 e. The summed E-state index contributed by atoms with van der Waals surface area (Å²) in [5.74, 6) is 0.445. The zero-order chi connectivity index (χ0) is 17.5. The second kappa shape index (κ2) is 8.30. The third-order valence-corrected chi connectivity index (χ3v) is 4.24. The smallest absolute Gasteiger partial charge is 0.292 e. The molecule has 1 amide bonds. The van der Waals surface area contributed by atoms with Crippen LogP contribution in [0.5, 0.6) is 0 Å². The van der Waals surface area contributed by atoms with Crippen LogP contribution in [0.25, 0.3) is 0 Å². The number of carbonyl (C=O) groups excluding carboxylic acids is 1. The molecule has 24 heavy (non-hydrogen) atoms. The summed E-state index contributed by atoms with van der Waals surface area (Å²) >= 11 is 1.49. The zero-order valence-corrected chi connectivity index (χ0v) is 13.5. The van der Waals surface area contributed by atoms with Gasteiger partial charge in [-0.25, -0.2) is 4.39 Å². The van der Waals surface area contributed by atoms with Crippen LogP contribution in [-0.4, -0.2) is 23.1 Å². The molecule has 8 heteroatoms. The van der Waals surface area contributed by atoms with E-state index in [2.05, 4.69) is 5.32 Å². The fraction of sp³-hybridized carbons (Fsp3) is 0.188. The van der Waals surface area contributed by atoms with Crippen LogP contribution in [0.1, 0.15) is 15.9 Å². The Bertz CT molecular complexity index is 755. The number of nitrogens with one attached hydrogen (secondary N) is 1. The molecular formula is C16H16FN3O3S. The maximum atomic E-state index is 13.4. The molecule has 126 valence electrons. The van der Waals surface area contributed by atoms with Crippen molar-refractivity contribution in [3.8, 4) is 0 Å². The maximum absolute atomic E-state index is 13.4. The van der Waals surface area contributed by atoms with Crippen LogP contribution in [0.2, 0.25) is 0 Å². The highest BCUT2D eigenvalue weighted by Gasteiger charge is 2.15. The van der Waals surface area contributed by atoms with Gasteiger partial charge in [0.2, 0.25) is 0 Å². The Balaban J connectivity index is 1.80. The number of nitro groups is 1. The van der Waals surface area contributed by atoms with Crippen molar-refractivity contribution in [3.63, 3.8) is 0 Å². The van der Waals surface area contributed by atoms with Crippen LogP contribution >= 0.6 is 11.8 Å². The number of nitrogens with two attached hydrogens (primary N) is 1. The average molecular weight is 349 g/mol. The van der Waals surface area contributed by atoms with Crippen molar-refractivity contribution >= 4 is 29.0 Å². The normalized spacial score (nSPS) is 10.4. The molecule has 2 rings (SSSR count). The van der Waals surface area contributed by atoms with E-state index in [0.717, 1.165) is 6.07 Å². The van der Waals surface area contributed by atoms with Crippen molar-refractivity contribution in [2.24, 2.45) is 0 Å². The van der Waals surface area contributed by atoms with Crippen LogP contribution in [0.4, 0.5) is 15.8 Å². The van der Waals surface area contributed by atoms with Gasteiger partial charge in [0, 0.05) is 29.7 Å². The molecule has 0 heterocycles. The molecule has 3 N–H and O–H groups in total. The molecule has 0 saturated carbocycles. The molecule has 0 spiro atoms. The van der Waals surface area contributed by atoms with E-state index in [4.69, 9.17) is 5.73 Å². The number of nitro benzene ring substituents is 1. The topological polar surface area (TPSA) is 98.3 Å². The molecule has 2 aromatic rings. The Labute approximate surface area is 142 Å². The lowest BCUT2D eigenvalue weighted by molar-refractivity contribution is -0.383. The van der Waals surface area contributed by atoms with Crippen molar-refractivity contribution in [1.82, 2.24) is 5.32 Å². The van der Waals surface area contributed by atoms with Crippen LogP contribution in [0.15, 0.2) is 42.5 Å². The number of anilines is 1. The lowest BCUT2D eigenvalue weighted by atomic mass is 10.1.